The Bertz CT molecular complexity index is 847. The van der Waals surface area contributed by atoms with Gasteiger partial charge in [-0.15, -0.1) is 24.0 Å². The van der Waals surface area contributed by atoms with Gasteiger partial charge in [0, 0.05) is 32.8 Å². The molecule has 0 atom stereocenters. The largest absolute Gasteiger partial charge is 0.491 e. The van der Waals surface area contributed by atoms with Crippen LogP contribution >= 0.6 is 24.0 Å². The van der Waals surface area contributed by atoms with Crippen molar-refractivity contribution >= 4 is 29.9 Å². The molecule has 0 heterocycles. The Morgan fingerprint density at radius 1 is 0.969 bits per heavy atom. The van der Waals surface area contributed by atoms with Crippen molar-refractivity contribution < 1.29 is 27.4 Å². The quantitative estimate of drug-likeness (QED) is 0.193. The zero-order valence-electron chi connectivity index (χ0n) is 18.3. The van der Waals surface area contributed by atoms with Gasteiger partial charge in [0.1, 0.15) is 18.1 Å². The fourth-order valence-corrected chi connectivity index (χ4v) is 2.63. The second kappa shape index (κ2) is 14.0. The van der Waals surface area contributed by atoms with E-state index in [0.717, 1.165) is 16.9 Å². The molecular weight excluding hydrogens is 538 g/mol. The SMILES string of the molecule is CN=C(NCc1ccc(OCCOC)cc1)NCc1ccc(C)cc1OCC(F)(F)F.I. The van der Waals surface area contributed by atoms with Gasteiger partial charge in [0.15, 0.2) is 12.6 Å². The van der Waals surface area contributed by atoms with E-state index in [1.54, 1.807) is 33.2 Å². The maximum absolute atomic E-state index is 12.5. The summed E-state index contributed by atoms with van der Waals surface area (Å²) in [5, 5.41) is 6.27. The fraction of sp³-hybridized carbons (Fsp3) is 0.409. The van der Waals surface area contributed by atoms with E-state index in [-0.39, 0.29) is 36.3 Å². The summed E-state index contributed by atoms with van der Waals surface area (Å²) in [5.41, 5.74) is 2.44. The van der Waals surface area contributed by atoms with Gasteiger partial charge in [0.2, 0.25) is 0 Å². The van der Waals surface area contributed by atoms with Crippen molar-refractivity contribution in [2.24, 2.45) is 4.99 Å². The minimum absolute atomic E-state index is 0. The number of halogens is 4. The summed E-state index contributed by atoms with van der Waals surface area (Å²) in [6, 6.07) is 12.8. The summed E-state index contributed by atoms with van der Waals surface area (Å²) in [4.78, 5) is 4.15. The molecule has 0 bridgehead atoms. The van der Waals surface area contributed by atoms with Crippen molar-refractivity contribution in [1.29, 1.82) is 0 Å². The van der Waals surface area contributed by atoms with Crippen LogP contribution in [0.1, 0.15) is 16.7 Å². The minimum Gasteiger partial charge on any atom is -0.491 e. The Balaban J connectivity index is 0.00000512. The number of alkyl halides is 3. The number of nitrogens with zero attached hydrogens (tertiary/aromatic N) is 1. The molecule has 0 fully saturated rings. The molecule has 0 aliphatic heterocycles. The molecule has 0 aromatic heterocycles. The van der Waals surface area contributed by atoms with Gasteiger partial charge in [-0.2, -0.15) is 13.2 Å². The highest BCUT2D eigenvalue weighted by Crippen LogP contribution is 2.23. The highest BCUT2D eigenvalue weighted by molar-refractivity contribution is 14.0. The summed E-state index contributed by atoms with van der Waals surface area (Å²) >= 11 is 0. The van der Waals surface area contributed by atoms with Crippen LogP contribution in [-0.2, 0) is 17.8 Å². The molecule has 0 saturated carbocycles. The normalized spacial score (nSPS) is 11.5. The predicted octanol–water partition coefficient (Wildman–Crippen LogP) is 4.44. The summed E-state index contributed by atoms with van der Waals surface area (Å²) in [6.45, 7) is 2.25. The number of aliphatic imine (C=N–C) groups is 1. The van der Waals surface area contributed by atoms with Gasteiger partial charge in [-0.3, -0.25) is 4.99 Å². The third-order valence-electron chi connectivity index (χ3n) is 4.22. The zero-order chi connectivity index (χ0) is 22.7. The lowest BCUT2D eigenvalue weighted by Crippen LogP contribution is -2.36. The van der Waals surface area contributed by atoms with Crippen LogP contribution in [0.3, 0.4) is 0 Å². The van der Waals surface area contributed by atoms with E-state index in [4.69, 9.17) is 14.2 Å². The lowest BCUT2D eigenvalue weighted by molar-refractivity contribution is -0.153. The number of hydrogen-bond acceptors (Lipinski definition) is 4. The van der Waals surface area contributed by atoms with Crippen molar-refractivity contribution in [1.82, 2.24) is 10.6 Å². The van der Waals surface area contributed by atoms with E-state index < -0.39 is 12.8 Å². The molecule has 178 valence electrons. The van der Waals surface area contributed by atoms with E-state index in [2.05, 4.69) is 15.6 Å². The Morgan fingerprint density at radius 3 is 2.28 bits per heavy atom. The number of methoxy groups -OCH3 is 1. The van der Waals surface area contributed by atoms with Crippen LogP contribution in [0.25, 0.3) is 0 Å². The Kier molecular flexibility index (Phi) is 12.2. The first kappa shape index (κ1) is 27.8. The molecule has 0 saturated heterocycles. The van der Waals surface area contributed by atoms with Gasteiger partial charge in [0.25, 0.3) is 0 Å². The Labute approximate surface area is 203 Å². The number of hydrogen-bond donors (Lipinski definition) is 2. The number of rotatable bonds is 10. The lowest BCUT2D eigenvalue weighted by atomic mass is 10.1. The van der Waals surface area contributed by atoms with Gasteiger partial charge in [0.05, 0.1) is 6.61 Å². The van der Waals surface area contributed by atoms with E-state index in [9.17, 15) is 13.2 Å². The van der Waals surface area contributed by atoms with Crippen molar-refractivity contribution in [3.05, 3.63) is 59.2 Å². The number of benzene rings is 2. The standard InChI is InChI=1S/C22H28F3N3O3.HI/c1-16-4-7-18(20(12-16)31-15-22(23,24)25)14-28-21(26-2)27-13-17-5-8-19(9-6-17)30-11-10-29-3;/h4-9,12H,10-11,13-15H2,1-3H3,(H2,26,27,28);1H. The molecular formula is C22H29F3IN3O3. The third-order valence-corrected chi connectivity index (χ3v) is 4.22. The molecule has 2 rings (SSSR count). The van der Waals surface area contributed by atoms with Gasteiger partial charge in [-0.1, -0.05) is 24.3 Å². The van der Waals surface area contributed by atoms with E-state index in [1.165, 1.54) is 0 Å². The average molecular weight is 567 g/mol. The van der Waals surface area contributed by atoms with Crippen LogP contribution < -0.4 is 20.1 Å². The molecule has 2 N–H and O–H groups in total. The number of guanidine groups is 1. The first-order valence-corrected chi connectivity index (χ1v) is 9.75. The van der Waals surface area contributed by atoms with Crippen LogP contribution in [-0.4, -0.2) is 46.1 Å². The first-order chi connectivity index (χ1) is 14.8. The van der Waals surface area contributed by atoms with Crippen molar-refractivity contribution in [2.45, 2.75) is 26.2 Å². The summed E-state index contributed by atoms with van der Waals surface area (Å²) in [6.07, 6.45) is -4.39. The molecule has 0 aliphatic rings. The van der Waals surface area contributed by atoms with Gasteiger partial charge in [-0.25, -0.2) is 0 Å². The van der Waals surface area contributed by atoms with E-state index >= 15 is 0 Å². The molecule has 2 aromatic rings. The molecule has 0 unspecified atom stereocenters. The Hall–Kier alpha value is -2.21. The highest BCUT2D eigenvalue weighted by Gasteiger charge is 2.28. The topological polar surface area (TPSA) is 64.1 Å². The molecule has 0 spiro atoms. The highest BCUT2D eigenvalue weighted by atomic mass is 127. The number of aryl methyl sites for hydroxylation is 1. The maximum Gasteiger partial charge on any atom is 0.422 e. The summed E-state index contributed by atoms with van der Waals surface area (Å²) in [5.74, 6) is 1.47. The second-order valence-electron chi connectivity index (χ2n) is 6.78. The molecule has 2 aromatic carbocycles. The van der Waals surface area contributed by atoms with Crippen LogP contribution in [0.2, 0.25) is 0 Å². The second-order valence-corrected chi connectivity index (χ2v) is 6.78. The summed E-state index contributed by atoms with van der Waals surface area (Å²) < 4.78 is 53.0. The third kappa shape index (κ3) is 10.4. The van der Waals surface area contributed by atoms with E-state index in [0.29, 0.717) is 31.3 Å². The van der Waals surface area contributed by atoms with Gasteiger partial charge < -0.3 is 24.8 Å². The molecule has 32 heavy (non-hydrogen) atoms. The molecule has 0 radical (unpaired) electrons. The van der Waals surface area contributed by atoms with E-state index in [1.807, 2.05) is 30.3 Å². The lowest BCUT2D eigenvalue weighted by Gasteiger charge is -2.16. The number of ether oxygens (including phenoxy) is 3. The molecule has 0 amide bonds. The van der Waals surface area contributed by atoms with Crippen LogP contribution in [0.15, 0.2) is 47.5 Å². The smallest absolute Gasteiger partial charge is 0.422 e. The Morgan fingerprint density at radius 2 is 1.66 bits per heavy atom. The van der Waals surface area contributed by atoms with Crippen molar-refractivity contribution in [3.8, 4) is 11.5 Å². The van der Waals surface area contributed by atoms with Crippen LogP contribution in [0.5, 0.6) is 11.5 Å². The monoisotopic (exact) mass is 567 g/mol. The minimum atomic E-state index is -4.39. The predicted molar refractivity (Wildman–Crippen MR) is 129 cm³/mol. The fourth-order valence-electron chi connectivity index (χ4n) is 2.63. The maximum atomic E-state index is 12.5. The summed E-state index contributed by atoms with van der Waals surface area (Å²) in [7, 11) is 3.24. The van der Waals surface area contributed by atoms with Gasteiger partial charge in [-0.05, 0) is 36.2 Å². The average Bonchev–Trinajstić information content (AvgIpc) is 2.74. The van der Waals surface area contributed by atoms with Crippen LogP contribution in [0.4, 0.5) is 13.2 Å². The zero-order valence-corrected chi connectivity index (χ0v) is 20.6. The first-order valence-electron chi connectivity index (χ1n) is 9.75. The molecule has 10 heteroatoms. The van der Waals surface area contributed by atoms with Crippen molar-refractivity contribution in [2.75, 3.05) is 34.0 Å². The molecule has 6 nitrogen and oxygen atoms in total. The molecule has 0 aliphatic carbocycles. The van der Waals surface area contributed by atoms with Crippen LogP contribution in [0, 0.1) is 6.92 Å². The van der Waals surface area contributed by atoms with Gasteiger partial charge >= 0.3 is 6.18 Å². The number of nitrogens with one attached hydrogen (secondary N) is 2. The van der Waals surface area contributed by atoms with Crippen molar-refractivity contribution in [3.63, 3.8) is 0 Å².